The number of ether oxygens (including phenoxy) is 2. The van der Waals surface area contributed by atoms with E-state index in [2.05, 4.69) is 9.47 Å². The van der Waals surface area contributed by atoms with Crippen molar-refractivity contribution >= 4 is 18.2 Å². The van der Waals surface area contributed by atoms with Gasteiger partial charge in [-0.3, -0.25) is 0 Å². The Hall–Kier alpha value is -1.79. The second kappa shape index (κ2) is 5.79. The lowest BCUT2D eigenvalue weighted by molar-refractivity contribution is 0.0918. The van der Waals surface area contributed by atoms with Crippen molar-refractivity contribution in [2.75, 3.05) is 13.2 Å². The van der Waals surface area contributed by atoms with Crippen LogP contribution in [-0.4, -0.2) is 36.3 Å². The van der Waals surface area contributed by atoms with E-state index in [9.17, 15) is 14.4 Å². The van der Waals surface area contributed by atoms with Gasteiger partial charge in [0.15, 0.2) is 0 Å². The highest BCUT2D eigenvalue weighted by Crippen LogP contribution is 1.98. The summed E-state index contributed by atoms with van der Waals surface area (Å²) >= 11 is 0. The van der Waals surface area contributed by atoms with E-state index in [4.69, 9.17) is 5.73 Å². The number of primary amides is 1. The fourth-order valence-electron chi connectivity index (χ4n) is 0.631. The van der Waals surface area contributed by atoms with Gasteiger partial charge in [-0.15, -0.1) is 4.90 Å². The van der Waals surface area contributed by atoms with Crippen LogP contribution in [0.1, 0.15) is 13.8 Å². The third kappa shape index (κ3) is 3.30. The minimum absolute atomic E-state index is 0.0298. The molecule has 0 aliphatic rings. The minimum Gasteiger partial charge on any atom is -0.449 e. The van der Waals surface area contributed by atoms with Crippen molar-refractivity contribution in [3.05, 3.63) is 0 Å². The van der Waals surface area contributed by atoms with Gasteiger partial charge < -0.3 is 15.2 Å². The molecular weight excluding hydrogens is 192 g/mol. The van der Waals surface area contributed by atoms with E-state index < -0.39 is 18.2 Å². The number of carbonyl (C=O) groups excluding carboxylic acids is 3. The van der Waals surface area contributed by atoms with Crippen LogP contribution in [0.3, 0.4) is 0 Å². The molecule has 0 aliphatic heterocycles. The molecular formula is C7H12N2O5. The number of hydrogen-bond donors (Lipinski definition) is 1. The predicted molar refractivity (Wildman–Crippen MR) is 45.5 cm³/mol. The van der Waals surface area contributed by atoms with Crippen molar-refractivity contribution in [3.63, 3.8) is 0 Å². The molecule has 0 spiro atoms. The second-order valence-electron chi connectivity index (χ2n) is 2.07. The van der Waals surface area contributed by atoms with Crippen LogP contribution in [-0.2, 0) is 9.47 Å². The highest BCUT2D eigenvalue weighted by atomic mass is 16.6. The lowest BCUT2D eigenvalue weighted by atomic mass is 10.7. The topological polar surface area (TPSA) is 98.9 Å². The first-order valence-electron chi connectivity index (χ1n) is 3.97. The highest BCUT2D eigenvalue weighted by Gasteiger charge is 2.29. The molecule has 0 saturated heterocycles. The number of nitrogens with two attached hydrogens (primary N) is 1. The van der Waals surface area contributed by atoms with Gasteiger partial charge in [0.05, 0.1) is 13.2 Å². The smallest absolute Gasteiger partial charge is 0.427 e. The molecule has 0 fully saturated rings. The standard InChI is InChI=1S/C7H12N2O5/c1-3-13-6(11)9(5(8)10)7(12)14-4-2/h3-4H2,1-2H3,(H2,8,10). The summed E-state index contributed by atoms with van der Waals surface area (Å²) in [6, 6.07) is -1.23. The predicted octanol–water partition coefficient (Wildman–Crippen LogP) is 0.680. The highest BCUT2D eigenvalue weighted by molar-refractivity contribution is 6.05. The van der Waals surface area contributed by atoms with Gasteiger partial charge in [-0.1, -0.05) is 0 Å². The number of imide groups is 3. The number of carbonyl (C=O) groups is 3. The number of hydrogen-bond acceptors (Lipinski definition) is 5. The van der Waals surface area contributed by atoms with Crippen molar-refractivity contribution in [1.82, 2.24) is 4.90 Å². The van der Waals surface area contributed by atoms with Crippen molar-refractivity contribution in [1.29, 1.82) is 0 Å². The van der Waals surface area contributed by atoms with Crippen molar-refractivity contribution in [2.45, 2.75) is 13.8 Å². The summed E-state index contributed by atoms with van der Waals surface area (Å²) in [6.45, 7) is 3.12. The Kier molecular flexibility index (Phi) is 5.05. The molecule has 0 aromatic carbocycles. The van der Waals surface area contributed by atoms with Crippen LogP contribution >= 0.6 is 0 Å². The molecule has 0 saturated carbocycles. The van der Waals surface area contributed by atoms with E-state index in [1.165, 1.54) is 13.8 Å². The van der Waals surface area contributed by atoms with Gasteiger partial charge in [0, 0.05) is 0 Å². The molecule has 0 atom stereocenters. The van der Waals surface area contributed by atoms with Gasteiger partial charge in [-0.2, -0.15) is 0 Å². The minimum atomic E-state index is -1.23. The lowest BCUT2D eigenvalue weighted by Crippen LogP contribution is -2.45. The Morgan fingerprint density at radius 3 is 1.64 bits per heavy atom. The first kappa shape index (κ1) is 12.2. The quantitative estimate of drug-likeness (QED) is 0.712. The molecule has 7 heteroatoms. The van der Waals surface area contributed by atoms with Crippen LogP contribution in [0.25, 0.3) is 0 Å². The molecule has 0 aromatic heterocycles. The van der Waals surface area contributed by atoms with Crippen molar-refractivity contribution < 1.29 is 23.9 Å². The van der Waals surface area contributed by atoms with Crippen molar-refractivity contribution in [2.24, 2.45) is 5.73 Å². The van der Waals surface area contributed by atoms with Gasteiger partial charge in [0.2, 0.25) is 0 Å². The van der Waals surface area contributed by atoms with Crippen LogP contribution in [0, 0.1) is 0 Å². The largest absolute Gasteiger partial charge is 0.449 e. The third-order valence-electron chi connectivity index (χ3n) is 1.12. The van der Waals surface area contributed by atoms with Crippen LogP contribution in [0.4, 0.5) is 14.4 Å². The van der Waals surface area contributed by atoms with E-state index in [0.29, 0.717) is 0 Å². The average Bonchev–Trinajstić information content (AvgIpc) is 2.04. The SMILES string of the molecule is CCOC(=O)N(C(N)=O)C(=O)OCC. The van der Waals surface area contributed by atoms with Gasteiger partial charge in [0.1, 0.15) is 0 Å². The summed E-state index contributed by atoms with van der Waals surface area (Å²) in [5, 5.41) is 0. The van der Waals surface area contributed by atoms with Gasteiger partial charge >= 0.3 is 18.2 Å². The maximum Gasteiger partial charge on any atom is 0.427 e. The maximum atomic E-state index is 11.0. The lowest BCUT2D eigenvalue weighted by Gasteiger charge is -2.14. The van der Waals surface area contributed by atoms with E-state index in [1.807, 2.05) is 0 Å². The van der Waals surface area contributed by atoms with Crippen molar-refractivity contribution in [3.8, 4) is 0 Å². The number of nitrogens with zero attached hydrogens (tertiary/aromatic N) is 1. The molecule has 7 nitrogen and oxygen atoms in total. The zero-order valence-electron chi connectivity index (χ0n) is 7.98. The molecule has 0 heterocycles. The van der Waals surface area contributed by atoms with Crippen LogP contribution in [0.15, 0.2) is 0 Å². The van der Waals surface area contributed by atoms with Gasteiger partial charge in [-0.25, -0.2) is 14.4 Å². The molecule has 0 unspecified atom stereocenters. The van der Waals surface area contributed by atoms with E-state index in [0.717, 1.165) is 0 Å². The van der Waals surface area contributed by atoms with Gasteiger partial charge in [0.25, 0.3) is 0 Å². The number of rotatable bonds is 2. The molecule has 14 heavy (non-hydrogen) atoms. The molecule has 0 bridgehead atoms. The van der Waals surface area contributed by atoms with Gasteiger partial charge in [-0.05, 0) is 13.8 Å². The fraction of sp³-hybridized carbons (Fsp3) is 0.571. The Bertz CT molecular complexity index is 222. The third-order valence-corrected chi connectivity index (χ3v) is 1.12. The summed E-state index contributed by atoms with van der Waals surface area (Å²) in [7, 11) is 0. The maximum absolute atomic E-state index is 11.0. The first-order chi connectivity index (χ1) is 6.54. The van der Waals surface area contributed by atoms with E-state index in [1.54, 1.807) is 0 Å². The normalized spacial score (nSPS) is 9.00. The Morgan fingerprint density at radius 1 is 1.07 bits per heavy atom. The molecule has 0 aromatic rings. The molecule has 2 N–H and O–H groups in total. The van der Waals surface area contributed by atoms with Crippen LogP contribution in [0.5, 0.6) is 0 Å². The zero-order valence-corrected chi connectivity index (χ0v) is 7.98. The monoisotopic (exact) mass is 204 g/mol. The second-order valence-corrected chi connectivity index (χ2v) is 2.07. The Labute approximate surface area is 80.7 Å². The van der Waals surface area contributed by atoms with E-state index >= 15 is 0 Å². The zero-order chi connectivity index (χ0) is 11.1. The number of amides is 4. The summed E-state index contributed by atoms with van der Waals surface area (Å²) in [6.07, 6.45) is -2.28. The summed E-state index contributed by atoms with van der Waals surface area (Å²) in [4.78, 5) is 32.8. The first-order valence-corrected chi connectivity index (χ1v) is 3.97. The Morgan fingerprint density at radius 2 is 1.43 bits per heavy atom. The van der Waals surface area contributed by atoms with Crippen LogP contribution in [0.2, 0.25) is 0 Å². The molecule has 80 valence electrons. The number of urea groups is 1. The molecule has 0 radical (unpaired) electrons. The fourth-order valence-corrected chi connectivity index (χ4v) is 0.631. The average molecular weight is 204 g/mol. The summed E-state index contributed by atoms with van der Waals surface area (Å²) < 4.78 is 8.84. The molecule has 0 aliphatic carbocycles. The van der Waals surface area contributed by atoms with Crippen LogP contribution < -0.4 is 5.73 Å². The Balaban J connectivity index is 4.51. The molecule has 0 rings (SSSR count). The molecule has 4 amide bonds. The summed E-state index contributed by atoms with van der Waals surface area (Å²) in [5.41, 5.74) is 4.78. The van der Waals surface area contributed by atoms with E-state index in [-0.39, 0.29) is 18.1 Å². The summed E-state index contributed by atoms with van der Waals surface area (Å²) in [5.74, 6) is 0.